The lowest BCUT2D eigenvalue weighted by molar-refractivity contribution is -0.116. The smallest absolute Gasteiger partial charge is 0.250 e. The molecule has 0 saturated heterocycles. The number of fused-ring (bicyclic) bond motifs is 1. The van der Waals surface area contributed by atoms with Crippen molar-refractivity contribution in [3.63, 3.8) is 0 Å². The van der Waals surface area contributed by atoms with Crippen LogP contribution >= 0.6 is 46.8 Å². The van der Waals surface area contributed by atoms with Crippen LogP contribution in [0.1, 0.15) is 25.3 Å². The van der Waals surface area contributed by atoms with Gasteiger partial charge in [0.1, 0.15) is 0 Å². The number of nitrogens with one attached hydrogen (secondary N) is 3. The molecule has 0 unspecified atom stereocenters. The van der Waals surface area contributed by atoms with Crippen LogP contribution < -0.4 is 16.0 Å². The van der Waals surface area contributed by atoms with Crippen molar-refractivity contribution >= 4 is 90.8 Å². The normalized spacial score (nSPS) is 10.9. The molecule has 2 amide bonds. The second-order valence-corrected chi connectivity index (χ2v) is 8.72. The lowest BCUT2D eigenvalue weighted by Gasteiger charge is -2.08. The summed E-state index contributed by atoms with van der Waals surface area (Å²) in [6.07, 6.45) is 4.14. The Morgan fingerprint density at radius 1 is 1.16 bits per heavy atom. The van der Waals surface area contributed by atoms with Gasteiger partial charge in [-0.2, -0.15) is 0 Å². The molecule has 0 aliphatic carbocycles. The molecule has 2 aromatic carbocycles. The van der Waals surface area contributed by atoms with E-state index in [1.54, 1.807) is 30.3 Å². The van der Waals surface area contributed by atoms with Crippen LogP contribution in [-0.2, 0) is 9.59 Å². The van der Waals surface area contributed by atoms with Gasteiger partial charge in [-0.3, -0.25) is 14.9 Å². The van der Waals surface area contributed by atoms with Crippen LogP contribution in [0.15, 0.2) is 42.5 Å². The molecule has 31 heavy (non-hydrogen) atoms. The first-order chi connectivity index (χ1) is 14.8. The van der Waals surface area contributed by atoms with Crippen LogP contribution in [0.2, 0.25) is 10.0 Å². The lowest BCUT2D eigenvalue weighted by atomic mass is 10.2. The first-order valence-corrected chi connectivity index (χ1v) is 11.3. The van der Waals surface area contributed by atoms with E-state index in [1.807, 2.05) is 19.1 Å². The Hall–Kier alpha value is -2.52. The number of thiocarbonyl (C=S) groups is 1. The number of benzene rings is 2. The highest BCUT2D eigenvalue weighted by Crippen LogP contribution is 2.28. The van der Waals surface area contributed by atoms with E-state index in [0.29, 0.717) is 32.8 Å². The molecule has 3 aromatic rings. The summed E-state index contributed by atoms with van der Waals surface area (Å²) in [5.41, 5.74) is 2.12. The average Bonchev–Trinajstić information content (AvgIpc) is 3.08. The molecule has 10 heteroatoms. The Morgan fingerprint density at radius 2 is 1.97 bits per heavy atom. The molecule has 0 saturated carbocycles. The third kappa shape index (κ3) is 6.73. The summed E-state index contributed by atoms with van der Waals surface area (Å²) >= 11 is 18.5. The monoisotopic (exact) mass is 492 g/mol. The highest BCUT2D eigenvalue weighted by molar-refractivity contribution is 7.80. The fourth-order valence-corrected chi connectivity index (χ4v) is 4.19. The molecule has 0 radical (unpaired) electrons. The maximum absolute atomic E-state index is 12.1. The maximum atomic E-state index is 12.1. The van der Waals surface area contributed by atoms with Crippen LogP contribution in [0.25, 0.3) is 16.3 Å². The minimum absolute atomic E-state index is 0.0586. The number of halogens is 2. The molecular weight excluding hydrogens is 475 g/mol. The third-order valence-electron chi connectivity index (χ3n) is 3.98. The second-order valence-electron chi connectivity index (χ2n) is 6.44. The van der Waals surface area contributed by atoms with Crippen molar-refractivity contribution in [2.45, 2.75) is 19.8 Å². The van der Waals surface area contributed by atoms with Gasteiger partial charge in [0.05, 0.1) is 10.2 Å². The number of hydrogen-bond acceptors (Lipinski definition) is 5. The number of nitrogens with zero attached hydrogens (tertiary/aromatic N) is 1. The van der Waals surface area contributed by atoms with Crippen molar-refractivity contribution in [1.82, 2.24) is 10.3 Å². The highest BCUT2D eigenvalue weighted by atomic mass is 35.5. The van der Waals surface area contributed by atoms with Crippen LogP contribution in [0.5, 0.6) is 0 Å². The molecule has 160 valence electrons. The van der Waals surface area contributed by atoms with Crippen molar-refractivity contribution in [2.24, 2.45) is 0 Å². The molecular formula is C21H18Cl2N4O2S2. The highest BCUT2D eigenvalue weighted by Gasteiger charge is 2.09. The first-order valence-electron chi connectivity index (χ1n) is 9.29. The minimum Gasteiger partial charge on any atom is -0.332 e. The summed E-state index contributed by atoms with van der Waals surface area (Å²) in [5, 5.41) is 10.0. The van der Waals surface area contributed by atoms with Gasteiger partial charge >= 0.3 is 0 Å². The zero-order chi connectivity index (χ0) is 22.4. The Morgan fingerprint density at radius 3 is 2.71 bits per heavy atom. The summed E-state index contributed by atoms with van der Waals surface area (Å²) < 4.78 is 0.878. The Balaban J connectivity index is 1.59. The van der Waals surface area contributed by atoms with E-state index in [4.69, 9.17) is 35.4 Å². The fourth-order valence-electron chi connectivity index (χ4n) is 2.58. The van der Waals surface area contributed by atoms with E-state index < -0.39 is 5.91 Å². The van der Waals surface area contributed by atoms with E-state index in [0.717, 1.165) is 16.6 Å². The molecule has 3 N–H and O–H groups in total. The zero-order valence-corrected chi connectivity index (χ0v) is 19.5. The molecule has 0 bridgehead atoms. The van der Waals surface area contributed by atoms with Gasteiger partial charge in [-0.15, -0.1) is 0 Å². The Bertz CT molecular complexity index is 1180. The number of rotatable bonds is 6. The number of anilines is 2. The Kier molecular flexibility index (Phi) is 7.97. The molecule has 1 heterocycles. The number of carbonyl (C=O) groups is 2. The van der Waals surface area contributed by atoms with Gasteiger partial charge in [0.15, 0.2) is 10.2 Å². The average molecular weight is 493 g/mol. The number of aromatic nitrogens is 1. The van der Waals surface area contributed by atoms with Gasteiger partial charge in [-0.25, -0.2) is 4.98 Å². The number of carbonyl (C=O) groups excluding carboxylic acids is 2. The molecule has 1 aromatic heterocycles. The lowest BCUT2D eigenvalue weighted by Crippen LogP contribution is -2.32. The largest absolute Gasteiger partial charge is 0.332 e. The number of amides is 2. The van der Waals surface area contributed by atoms with Crippen LogP contribution in [0, 0.1) is 0 Å². The van der Waals surface area contributed by atoms with E-state index in [2.05, 4.69) is 20.9 Å². The molecule has 0 spiro atoms. The van der Waals surface area contributed by atoms with Gasteiger partial charge in [-0.05, 0) is 60.6 Å². The third-order valence-corrected chi connectivity index (χ3v) is 5.68. The summed E-state index contributed by atoms with van der Waals surface area (Å²) in [7, 11) is 0. The van der Waals surface area contributed by atoms with E-state index in [1.165, 1.54) is 17.4 Å². The SMILES string of the molecule is CCCC(=O)Nc1nc2ccc(NC(=S)NC(=O)/C=C/c3ccc(Cl)cc3Cl)cc2s1. The van der Waals surface area contributed by atoms with Gasteiger partial charge < -0.3 is 10.6 Å². The van der Waals surface area contributed by atoms with Gasteiger partial charge in [0.25, 0.3) is 0 Å². The summed E-state index contributed by atoms with van der Waals surface area (Å²) in [6.45, 7) is 1.94. The van der Waals surface area contributed by atoms with Crippen molar-refractivity contribution in [2.75, 3.05) is 10.6 Å². The molecule has 0 aliphatic rings. The van der Waals surface area contributed by atoms with Crippen LogP contribution in [-0.4, -0.2) is 21.9 Å². The van der Waals surface area contributed by atoms with E-state index >= 15 is 0 Å². The second kappa shape index (κ2) is 10.7. The number of hydrogen-bond donors (Lipinski definition) is 3. The molecule has 6 nitrogen and oxygen atoms in total. The standard InChI is InChI=1S/C21H18Cl2N4O2S2/c1-2-3-18(28)27-21-25-16-8-7-14(11-17(16)31-21)24-20(30)26-19(29)9-5-12-4-6-13(22)10-15(12)23/h4-11H,2-3H2,1H3,(H,25,27,28)(H2,24,26,29,30)/b9-5+. The summed E-state index contributed by atoms with van der Waals surface area (Å²) in [5.74, 6) is -0.458. The Labute approximate surface area is 198 Å². The maximum Gasteiger partial charge on any atom is 0.250 e. The minimum atomic E-state index is -0.400. The van der Waals surface area contributed by atoms with E-state index in [-0.39, 0.29) is 11.0 Å². The fraction of sp³-hybridized carbons (Fsp3) is 0.143. The van der Waals surface area contributed by atoms with Crippen LogP contribution in [0.3, 0.4) is 0 Å². The predicted octanol–water partition coefficient (Wildman–Crippen LogP) is 5.87. The van der Waals surface area contributed by atoms with Crippen molar-refractivity contribution in [3.05, 3.63) is 58.1 Å². The van der Waals surface area contributed by atoms with E-state index in [9.17, 15) is 9.59 Å². The molecule has 0 fully saturated rings. The molecule has 0 atom stereocenters. The molecule has 3 rings (SSSR count). The topological polar surface area (TPSA) is 83.1 Å². The van der Waals surface area contributed by atoms with Crippen molar-refractivity contribution in [3.8, 4) is 0 Å². The summed E-state index contributed by atoms with van der Waals surface area (Å²) in [4.78, 5) is 28.3. The van der Waals surface area contributed by atoms with Gasteiger partial charge in [-0.1, -0.05) is 47.5 Å². The van der Waals surface area contributed by atoms with Crippen molar-refractivity contribution < 1.29 is 9.59 Å². The van der Waals surface area contributed by atoms with Crippen molar-refractivity contribution in [1.29, 1.82) is 0 Å². The number of thiazole rings is 1. The van der Waals surface area contributed by atoms with Gasteiger partial charge in [0.2, 0.25) is 11.8 Å². The quantitative estimate of drug-likeness (QED) is 0.296. The zero-order valence-electron chi connectivity index (χ0n) is 16.4. The first kappa shape index (κ1) is 23.1. The van der Waals surface area contributed by atoms with Crippen LogP contribution in [0.4, 0.5) is 10.8 Å². The predicted molar refractivity (Wildman–Crippen MR) is 133 cm³/mol. The molecule has 0 aliphatic heterocycles. The van der Waals surface area contributed by atoms with Gasteiger partial charge in [0, 0.05) is 28.2 Å². The summed E-state index contributed by atoms with van der Waals surface area (Å²) in [6, 6.07) is 10.5.